The number of benzene rings is 1. The first kappa shape index (κ1) is 13.7. The second-order valence-corrected chi connectivity index (χ2v) is 4.97. The van der Waals surface area contributed by atoms with Crippen molar-refractivity contribution < 1.29 is 15.1 Å². The molecule has 100 valence electrons. The number of fused-ring (bicyclic) bond motifs is 1. The van der Waals surface area contributed by atoms with Crippen molar-refractivity contribution in [3.63, 3.8) is 0 Å². The highest BCUT2D eigenvalue weighted by atomic mass is 32.2. The molecule has 6 nitrogen and oxygen atoms in total. The van der Waals surface area contributed by atoms with Gasteiger partial charge in [-0.3, -0.25) is 15.1 Å². The number of hydrogen-bond acceptors (Lipinski definition) is 6. The van der Waals surface area contributed by atoms with Crippen LogP contribution in [0.1, 0.15) is 0 Å². The van der Waals surface area contributed by atoms with E-state index in [0.29, 0.717) is 11.1 Å². The van der Waals surface area contributed by atoms with Gasteiger partial charge in [0.1, 0.15) is 0 Å². The summed E-state index contributed by atoms with van der Waals surface area (Å²) < 4.78 is 0. The van der Waals surface area contributed by atoms with Crippen molar-refractivity contribution in [2.24, 2.45) is 0 Å². The van der Waals surface area contributed by atoms with Crippen LogP contribution in [0.25, 0.3) is 10.8 Å². The molecule has 1 aromatic carbocycles. The number of nitrogens with zero attached hydrogens (tertiary/aromatic N) is 2. The molecule has 19 heavy (non-hydrogen) atoms. The normalized spacial score (nSPS) is 12.5. The van der Waals surface area contributed by atoms with Crippen molar-refractivity contribution in [3.05, 3.63) is 40.7 Å². The molecule has 7 heteroatoms. The molecule has 0 amide bonds. The molecule has 0 aliphatic rings. The Labute approximate surface area is 113 Å². The van der Waals surface area contributed by atoms with Crippen molar-refractivity contribution >= 4 is 28.2 Å². The van der Waals surface area contributed by atoms with E-state index >= 15 is 0 Å². The number of aliphatic hydroxyl groups excluding tert-OH is 2. The van der Waals surface area contributed by atoms with Gasteiger partial charge in [-0.05, 0) is 12.1 Å². The molecule has 0 fully saturated rings. The third kappa shape index (κ3) is 3.01. The summed E-state index contributed by atoms with van der Waals surface area (Å²) in [5.41, 5.74) is 0.00940. The fourth-order valence-corrected chi connectivity index (χ4v) is 2.65. The van der Waals surface area contributed by atoms with Crippen LogP contribution in [0.15, 0.2) is 35.5 Å². The van der Waals surface area contributed by atoms with Crippen LogP contribution in [-0.2, 0) is 0 Å². The maximum Gasteiger partial charge on any atom is 0.278 e. The molecule has 0 spiro atoms. The number of hydrogen-bond donors (Lipinski definition) is 2. The van der Waals surface area contributed by atoms with E-state index in [1.165, 1.54) is 24.0 Å². The Morgan fingerprint density at radius 3 is 2.84 bits per heavy atom. The van der Waals surface area contributed by atoms with Crippen molar-refractivity contribution in [2.75, 3.05) is 12.4 Å². The summed E-state index contributed by atoms with van der Waals surface area (Å²) in [5, 5.41) is 30.2. The number of nitro benzene ring substituents is 1. The first-order chi connectivity index (χ1) is 9.13. The molecule has 2 aromatic rings. The first-order valence-electron chi connectivity index (χ1n) is 5.56. The Hall–Kier alpha value is -1.70. The molecule has 1 aromatic heterocycles. The summed E-state index contributed by atoms with van der Waals surface area (Å²) in [7, 11) is 0. The average molecular weight is 280 g/mol. The van der Waals surface area contributed by atoms with Crippen molar-refractivity contribution in [1.29, 1.82) is 0 Å². The fraction of sp³-hybridized carbons (Fsp3) is 0.250. The van der Waals surface area contributed by atoms with Crippen LogP contribution in [0.5, 0.6) is 0 Å². The van der Waals surface area contributed by atoms with Gasteiger partial charge in [-0.2, -0.15) is 0 Å². The number of rotatable bonds is 5. The molecule has 0 saturated heterocycles. The quantitative estimate of drug-likeness (QED) is 0.490. The maximum absolute atomic E-state index is 10.9. The van der Waals surface area contributed by atoms with Gasteiger partial charge in [0, 0.05) is 34.5 Å². The lowest BCUT2D eigenvalue weighted by atomic mass is 10.1. The predicted octanol–water partition coefficient (Wildman–Crippen LogP) is 1.59. The standard InChI is InChI=1S/C12H12N2O4S/c15-6-8(16)7-19-12-2-1-11(14(17)18)10-5-13-4-3-9(10)12/h1-5,8,15-16H,6-7H2. The molecule has 1 heterocycles. The van der Waals surface area contributed by atoms with E-state index in [9.17, 15) is 15.2 Å². The van der Waals surface area contributed by atoms with Gasteiger partial charge in [0.2, 0.25) is 0 Å². The van der Waals surface area contributed by atoms with E-state index in [1.54, 1.807) is 18.3 Å². The third-order valence-corrected chi connectivity index (χ3v) is 3.81. The van der Waals surface area contributed by atoms with Crippen LogP contribution in [-0.4, -0.2) is 38.6 Å². The van der Waals surface area contributed by atoms with E-state index in [1.807, 2.05) is 0 Å². The highest BCUT2D eigenvalue weighted by Gasteiger charge is 2.15. The maximum atomic E-state index is 10.9. The minimum Gasteiger partial charge on any atom is -0.394 e. The van der Waals surface area contributed by atoms with Crippen LogP contribution < -0.4 is 0 Å². The van der Waals surface area contributed by atoms with E-state index < -0.39 is 11.0 Å². The number of aliphatic hydroxyl groups is 2. The number of aromatic nitrogens is 1. The van der Waals surface area contributed by atoms with Crippen molar-refractivity contribution in [2.45, 2.75) is 11.0 Å². The second kappa shape index (κ2) is 5.96. The zero-order valence-corrected chi connectivity index (χ0v) is 10.7. The van der Waals surface area contributed by atoms with Crippen LogP contribution in [0.2, 0.25) is 0 Å². The van der Waals surface area contributed by atoms with E-state index in [4.69, 9.17) is 5.11 Å². The van der Waals surface area contributed by atoms with Gasteiger partial charge in [0.25, 0.3) is 5.69 Å². The first-order valence-corrected chi connectivity index (χ1v) is 6.55. The summed E-state index contributed by atoms with van der Waals surface area (Å²) in [6.45, 7) is -0.306. The largest absolute Gasteiger partial charge is 0.394 e. The van der Waals surface area contributed by atoms with Gasteiger partial charge in [-0.15, -0.1) is 11.8 Å². The van der Waals surface area contributed by atoms with E-state index in [0.717, 1.165) is 10.3 Å². The van der Waals surface area contributed by atoms with Crippen LogP contribution >= 0.6 is 11.8 Å². The number of non-ortho nitro benzene ring substituents is 1. The number of nitro groups is 1. The Kier molecular flexibility index (Phi) is 4.31. The third-order valence-electron chi connectivity index (χ3n) is 2.59. The monoisotopic (exact) mass is 280 g/mol. The molecular formula is C12H12N2O4S. The van der Waals surface area contributed by atoms with E-state index in [-0.39, 0.29) is 12.3 Å². The second-order valence-electron chi connectivity index (χ2n) is 3.91. The summed E-state index contributed by atoms with van der Waals surface area (Å²) >= 11 is 1.34. The molecule has 0 aliphatic carbocycles. The van der Waals surface area contributed by atoms with Gasteiger partial charge in [0.05, 0.1) is 23.0 Å². The Morgan fingerprint density at radius 1 is 1.37 bits per heavy atom. The lowest BCUT2D eigenvalue weighted by Crippen LogP contribution is -2.14. The van der Waals surface area contributed by atoms with Gasteiger partial charge in [-0.25, -0.2) is 0 Å². The fourth-order valence-electron chi connectivity index (χ4n) is 1.67. The van der Waals surface area contributed by atoms with Crippen LogP contribution in [0.3, 0.4) is 0 Å². The van der Waals surface area contributed by atoms with Crippen LogP contribution in [0, 0.1) is 10.1 Å². The minimum atomic E-state index is -0.808. The predicted molar refractivity (Wildman–Crippen MR) is 72.2 cm³/mol. The number of thioether (sulfide) groups is 1. The van der Waals surface area contributed by atoms with Crippen molar-refractivity contribution in [1.82, 2.24) is 4.98 Å². The lowest BCUT2D eigenvalue weighted by molar-refractivity contribution is -0.383. The molecule has 1 atom stereocenters. The molecule has 0 saturated carbocycles. The van der Waals surface area contributed by atoms with Gasteiger partial charge >= 0.3 is 0 Å². The summed E-state index contributed by atoms with van der Waals surface area (Å²) in [6, 6.07) is 4.78. The zero-order valence-electron chi connectivity index (χ0n) is 9.89. The molecule has 2 N–H and O–H groups in total. The van der Waals surface area contributed by atoms with Crippen LogP contribution in [0.4, 0.5) is 5.69 Å². The van der Waals surface area contributed by atoms with Gasteiger partial charge in [-0.1, -0.05) is 0 Å². The molecule has 1 unspecified atom stereocenters. The Bertz CT molecular complexity index is 605. The lowest BCUT2D eigenvalue weighted by Gasteiger charge is -2.09. The molecular weight excluding hydrogens is 268 g/mol. The summed E-state index contributed by atoms with van der Waals surface area (Å²) in [5.74, 6) is 0.325. The molecule has 0 radical (unpaired) electrons. The summed E-state index contributed by atoms with van der Waals surface area (Å²) in [4.78, 5) is 15.2. The van der Waals surface area contributed by atoms with Crippen molar-refractivity contribution in [3.8, 4) is 0 Å². The topological polar surface area (TPSA) is 96.5 Å². The highest BCUT2D eigenvalue weighted by molar-refractivity contribution is 7.99. The average Bonchev–Trinajstić information content (AvgIpc) is 2.43. The Morgan fingerprint density at radius 2 is 2.16 bits per heavy atom. The highest BCUT2D eigenvalue weighted by Crippen LogP contribution is 2.33. The van der Waals surface area contributed by atoms with E-state index in [2.05, 4.69) is 4.98 Å². The SMILES string of the molecule is O=[N+]([O-])c1ccc(SCC(O)CO)c2ccncc12. The zero-order chi connectivity index (χ0) is 13.8. The molecule has 0 bridgehead atoms. The number of pyridine rings is 1. The van der Waals surface area contributed by atoms with Gasteiger partial charge in [0.15, 0.2) is 0 Å². The summed E-state index contributed by atoms with van der Waals surface area (Å²) in [6.07, 6.45) is 2.22. The molecule has 0 aliphatic heterocycles. The smallest absolute Gasteiger partial charge is 0.278 e. The van der Waals surface area contributed by atoms with Gasteiger partial charge < -0.3 is 10.2 Å². The Balaban J connectivity index is 2.41. The molecule has 2 rings (SSSR count). The minimum absolute atomic E-state index is 0.00940.